The first kappa shape index (κ1) is 14.1. The van der Waals surface area contributed by atoms with Crippen LogP contribution < -0.4 is 10.2 Å². The molecule has 2 rings (SSSR count). The Balaban J connectivity index is 1.84. The quantitative estimate of drug-likeness (QED) is 0.461. The summed E-state index contributed by atoms with van der Waals surface area (Å²) in [6.45, 7) is 2.93. The van der Waals surface area contributed by atoms with Gasteiger partial charge in [0, 0.05) is 0 Å². The zero-order valence-corrected chi connectivity index (χ0v) is 11.8. The third-order valence-corrected chi connectivity index (χ3v) is 2.83. The molecule has 104 valence electrons. The maximum atomic E-state index is 5.62. The molecule has 0 unspecified atom stereocenters. The molecule has 0 aliphatic rings. The van der Waals surface area contributed by atoms with Crippen LogP contribution in [0, 0.1) is 0 Å². The number of ether oxygens (including phenoxy) is 1. The number of anilines is 1. The average Bonchev–Trinajstić information content (AvgIpc) is 2.50. The van der Waals surface area contributed by atoms with Crippen molar-refractivity contribution in [3.63, 3.8) is 0 Å². The third-order valence-electron chi connectivity index (χ3n) is 2.83. The van der Waals surface area contributed by atoms with Gasteiger partial charge in [-0.1, -0.05) is 31.5 Å². The summed E-state index contributed by atoms with van der Waals surface area (Å²) in [6.07, 6.45) is 4.03. The maximum absolute atomic E-state index is 5.62. The first-order chi connectivity index (χ1) is 9.88. The smallest absolute Gasteiger partial charge is 0.119 e. The van der Waals surface area contributed by atoms with Crippen LogP contribution >= 0.6 is 0 Å². The van der Waals surface area contributed by atoms with Crippen LogP contribution in [0.5, 0.6) is 5.75 Å². The molecule has 0 aliphatic heterocycles. The van der Waals surface area contributed by atoms with Crippen LogP contribution in [0.25, 0.3) is 0 Å². The topological polar surface area (TPSA) is 33.6 Å². The Morgan fingerprint density at radius 3 is 2.50 bits per heavy atom. The molecule has 0 saturated heterocycles. The molecule has 0 radical (unpaired) electrons. The van der Waals surface area contributed by atoms with Crippen molar-refractivity contribution in [2.75, 3.05) is 12.0 Å². The van der Waals surface area contributed by atoms with Crippen LogP contribution in [0.1, 0.15) is 25.3 Å². The van der Waals surface area contributed by atoms with Crippen molar-refractivity contribution < 1.29 is 4.74 Å². The highest BCUT2D eigenvalue weighted by atomic mass is 16.5. The van der Waals surface area contributed by atoms with Gasteiger partial charge in [0.15, 0.2) is 0 Å². The van der Waals surface area contributed by atoms with Gasteiger partial charge in [-0.15, -0.1) is 0 Å². The Morgan fingerprint density at radius 2 is 1.80 bits per heavy atom. The molecule has 2 aromatic rings. The van der Waals surface area contributed by atoms with Crippen molar-refractivity contribution in [2.45, 2.75) is 19.8 Å². The molecule has 3 heteroatoms. The number of nitrogens with one attached hydrogen (secondary N) is 1. The minimum absolute atomic E-state index is 0.777. The van der Waals surface area contributed by atoms with Crippen molar-refractivity contribution in [3.05, 3.63) is 60.2 Å². The standard InChI is InChI=1S/C17H20N2O/c1-2-3-13-20-17-11-9-15(10-12-17)14-18-19-16-7-5-4-6-8-16/h4-12,14,19H,2-3,13H2,1H3. The van der Waals surface area contributed by atoms with Crippen molar-refractivity contribution in [2.24, 2.45) is 5.10 Å². The van der Waals surface area contributed by atoms with Gasteiger partial charge >= 0.3 is 0 Å². The molecule has 0 aromatic heterocycles. The molecule has 20 heavy (non-hydrogen) atoms. The number of rotatable bonds is 7. The number of benzene rings is 2. The van der Waals surface area contributed by atoms with Crippen molar-refractivity contribution in [3.8, 4) is 5.75 Å². The normalized spacial score (nSPS) is 10.7. The molecule has 3 nitrogen and oxygen atoms in total. The van der Waals surface area contributed by atoms with E-state index in [-0.39, 0.29) is 0 Å². The Bertz CT molecular complexity index is 520. The van der Waals surface area contributed by atoms with Gasteiger partial charge in [-0.05, 0) is 48.4 Å². The Hall–Kier alpha value is -2.29. The van der Waals surface area contributed by atoms with Gasteiger partial charge in [0.1, 0.15) is 5.75 Å². The molecule has 0 fully saturated rings. The molecule has 0 heterocycles. The predicted octanol–water partition coefficient (Wildman–Crippen LogP) is 4.31. The van der Waals surface area contributed by atoms with Gasteiger partial charge in [-0.3, -0.25) is 5.43 Å². The van der Waals surface area contributed by atoms with Crippen LogP contribution in [0.3, 0.4) is 0 Å². The Labute approximate surface area is 120 Å². The minimum Gasteiger partial charge on any atom is -0.494 e. The van der Waals surface area contributed by atoms with Crippen LogP contribution in [-0.4, -0.2) is 12.8 Å². The second-order valence-electron chi connectivity index (χ2n) is 4.51. The van der Waals surface area contributed by atoms with E-state index in [1.54, 1.807) is 6.21 Å². The van der Waals surface area contributed by atoms with E-state index in [0.717, 1.165) is 36.4 Å². The highest BCUT2D eigenvalue weighted by Crippen LogP contribution is 2.12. The lowest BCUT2D eigenvalue weighted by atomic mass is 10.2. The zero-order chi connectivity index (χ0) is 14.0. The number of unbranched alkanes of at least 4 members (excludes halogenated alkanes) is 1. The molecule has 0 amide bonds. The van der Waals surface area contributed by atoms with E-state index < -0.39 is 0 Å². The van der Waals surface area contributed by atoms with E-state index in [1.165, 1.54) is 0 Å². The predicted molar refractivity (Wildman–Crippen MR) is 84.5 cm³/mol. The summed E-state index contributed by atoms with van der Waals surface area (Å²) < 4.78 is 5.62. The summed E-state index contributed by atoms with van der Waals surface area (Å²) in [5.41, 5.74) is 5.00. The number of hydrogen-bond acceptors (Lipinski definition) is 3. The van der Waals surface area contributed by atoms with Crippen molar-refractivity contribution in [1.82, 2.24) is 0 Å². The highest BCUT2D eigenvalue weighted by molar-refractivity contribution is 5.80. The van der Waals surface area contributed by atoms with E-state index in [4.69, 9.17) is 4.74 Å². The van der Waals surface area contributed by atoms with Crippen LogP contribution in [-0.2, 0) is 0 Å². The molecule has 1 N–H and O–H groups in total. The number of para-hydroxylation sites is 1. The second kappa shape index (κ2) is 8.00. The van der Waals surface area contributed by atoms with Gasteiger partial charge in [-0.25, -0.2) is 0 Å². The lowest BCUT2D eigenvalue weighted by Crippen LogP contribution is -1.96. The molecule has 0 aliphatic carbocycles. The van der Waals surface area contributed by atoms with Gasteiger partial charge in [-0.2, -0.15) is 5.10 Å². The first-order valence-electron chi connectivity index (χ1n) is 6.95. The first-order valence-corrected chi connectivity index (χ1v) is 6.95. The minimum atomic E-state index is 0.777. The average molecular weight is 268 g/mol. The van der Waals surface area contributed by atoms with E-state index >= 15 is 0 Å². The fourth-order valence-electron chi connectivity index (χ4n) is 1.68. The molecular weight excluding hydrogens is 248 g/mol. The van der Waals surface area contributed by atoms with Gasteiger partial charge < -0.3 is 4.74 Å². The van der Waals surface area contributed by atoms with Crippen LogP contribution in [0.15, 0.2) is 59.7 Å². The SMILES string of the molecule is CCCCOc1ccc(C=NNc2ccccc2)cc1. The summed E-state index contributed by atoms with van der Waals surface area (Å²) in [5, 5.41) is 4.20. The summed E-state index contributed by atoms with van der Waals surface area (Å²) in [7, 11) is 0. The van der Waals surface area contributed by atoms with E-state index in [2.05, 4.69) is 17.5 Å². The Kier molecular flexibility index (Phi) is 5.65. The molecule has 0 bridgehead atoms. The van der Waals surface area contributed by atoms with Crippen molar-refractivity contribution >= 4 is 11.9 Å². The summed E-state index contributed by atoms with van der Waals surface area (Å²) in [4.78, 5) is 0. The molecule has 2 aromatic carbocycles. The van der Waals surface area contributed by atoms with Gasteiger partial charge in [0.25, 0.3) is 0 Å². The molecular formula is C17H20N2O. The highest BCUT2D eigenvalue weighted by Gasteiger charge is 1.93. The van der Waals surface area contributed by atoms with E-state index in [1.807, 2.05) is 54.6 Å². The fourth-order valence-corrected chi connectivity index (χ4v) is 1.68. The monoisotopic (exact) mass is 268 g/mol. The van der Waals surface area contributed by atoms with Gasteiger partial charge in [0.05, 0.1) is 18.5 Å². The van der Waals surface area contributed by atoms with Gasteiger partial charge in [0.2, 0.25) is 0 Å². The maximum Gasteiger partial charge on any atom is 0.119 e. The number of hydrogen-bond donors (Lipinski definition) is 1. The fraction of sp³-hybridized carbons (Fsp3) is 0.235. The number of nitrogens with zero attached hydrogens (tertiary/aromatic N) is 1. The summed E-state index contributed by atoms with van der Waals surface area (Å²) >= 11 is 0. The molecule has 0 saturated carbocycles. The third kappa shape index (κ3) is 4.76. The van der Waals surface area contributed by atoms with E-state index in [0.29, 0.717) is 0 Å². The van der Waals surface area contributed by atoms with Crippen LogP contribution in [0.2, 0.25) is 0 Å². The van der Waals surface area contributed by atoms with Crippen molar-refractivity contribution in [1.29, 1.82) is 0 Å². The second-order valence-corrected chi connectivity index (χ2v) is 4.51. The lowest BCUT2D eigenvalue weighted by molar-refractivity contribution is 0.309. The molecule has 0 spiro atoms. The largest absolute Gasteiger partial charge is 0.494 e. The lowest BCUT2D eigenvalue weighted by Gasteiger charge is -2.05. The summed E-state index contributed by atoms with van der Waals surface area (Å²) in [6, 6.07) is 17.8. The Morgan fingerprint density at radius 1 is 1.05 bits per heavy atom. The zero-order valence-electron chi connectivity index (χ0n) is 11.8. The van der Waals surface area contributed by atoms with Crippen LogP contribution in [0.4, 0.5) is 5.69 Å². The van der Waals surface area contributed by atoms with E-state index in [9.17, 15) is 0 Å². The summed E-state index contributed by atoms with van der Waals surface area (Å²) in [5.74, 6) is 0.909. The number of hydrazone groups is 1. The molecule has 0 atom stereocenters.